The minimum atomic E-state index is -0.832. The third kappa shape index (κ3) is 2.07. The monoisotopic (exact) mass is 241 g/mol. The Bertz CT molecular complexity index is 428. The molecule has 1 aromatic rings. The molecule has 1 heterocycles. The van der Waals surface area contributed by atoms with Gasteiger partial charge in [0.2, 0.25) is 0 Å². The van der Waals surface area contributed by atoms with E-state index in [0.29, 0.717) is 16.5 Å². The predicted molar refractivity (Wildman–Crippen MR) is 60.5 cm³/mol. The van der Waals surface area contributed by atoms with Gasteiger partial charge in [-0.1, -0.05) is 25.6 Å². The van der Waals surface area contributed by atoms with Crippen LogP contribution in [0.4, 0.5) is 0 Å². The molecule has 6 heteroatoms. The quantitative estimate of drug-likeness (QED) is 0.809. The highest BCUT2D eigenvalue weighted by atomic mass is 32.2. The van der Waals surface area contributed by atoms with Gasteiger partial charge in [-0.25, -0.2) is 0 Å². The van der Waals surface area contributed by atoms with Crippen LogP contribution in [-0.4, -0.2) is 31.6 Å². The summed E-state index contributed by atoms with van der Waals surface area (Å²) in [5.41, 5.74) is 0.315. The molecule has 1 aromatic heterocycles. The van der Waals surface area contributed by atoms with Crippen molar-refractivity contribution in [2.24, 2.45) is 12.5 Å². The molecule has 0 unspecified atom stereocenters. The summed E-state index contributed by atoms with van der Waals surface area (Å²) in [5.74, 6) is 0.628. The van der Waals surface area contributed by atoms with Gasteiger partial charge in [0.15, 0.2) is 5.16 Å². The Balaban J connectivity index is 2.09. The highest BCUT2D eigenvalue weighted by molar-refractivity contribution is 7.99. The van der Waals surface area contributed by atoms with E-state index >= 15 is 0 Å². The van der Waals surface area contributed by atoms with E-state index in [-0.39, 0.29) is 5.75 Å². The summed E-state index contributed by atoms with van der Waals surface area (Å²) in [6.45, 7) is 4.41. The van der Waals surface area contributed by atoms with E-state index in [4.69, 9.17) is 5.11 Å². The number of aliphatic carboxylic acids is 1. The standard InChI is InChI=1S/C10H15N3O2S/c1-10(2)4-6(10)8-11-12-9(13(8)3)16-5-7(14)15/h6H,4-5H2,1-3H3,(H,14,15)/t6-/m0/s1. The average molecular weight is 241 g/mol. The summed E-state index contributed by atoms with van der Waals surface area (Å²) in [5, 5.41) is 17.5. The van der Waals surface area contributed by atoms with E-state index in [1.807, 2.05) is 11.6 Å². The molecule has 1 aliphatic rings. The third-order valence-electron chi connectivity index (χ3n) is 3.02. The molecule has 88 valence electrons. The van der Waals surface area contributed by atoms with Gasteiger partial charge in [-0.2, -0.15) is 0 Å². The van der Waals surface area contributed by atoms with Crippen molar-refractivity contribution in [3.8, 4) is 0 Å². The lowest BCUT2D eigenvalue weighted by atomic mass is 10.1. The Labute approximate surface area is 98.3 Å². The van der Waals surface area contributed by atoms with Crippen LogP contribution in [0.3, 0.4) is 0 Å². The minimum Gasteiger partial charge on any atom is -0.481 e. The predicted octanol–water partition coefficient (Wildman–Crippen LogP) is 1.51. The molecule has 0 radical (unpaired) electrons. The van der Waals surface area contributed by atoms with E-state index in [2.05, 4.69) is 24.0 Å². The fraction of sp³-hybridized carbons (Fsp3) is 0.700. The highest BCUT2D eigenvalue weighted by Gasteiger charge is 2.49. The van der Waals surface area contributed by atoms with Crippen molar-refractivity contribution in [2.45, 2.75) is 31.3 Å². The molecule has 0 aromatic carbocycles. The first-order chi connectivity index (χ1) is 7.42. The normalized spacial score (nSPS) is 22.1. The third-order valence-corrected chi connectivity index (χ3v) is 4.02. The van der Waals surface area contributed by atoms with Gasteiger partial charge < -0.3 is 9.67 Å². The number of aromatic nitrogens is 3. The number of carboxylic acids is 1. The Kier molecular flexibility index (Phi) is 2.69. The van der Waals surface area contributed by atoms with Crippen LogP contribution >= 0.6 is 11.8 Å². The second-order valence-electron chi connectivity index (χ2n) is 4.83. The van der Waals surface area contributed by atoms with Crippen molar-refractivity contribution < 1.29 is 9.90 Å². The Morgan fingerprint density at radius 2 is 2.25 bits per heavy atom. The van der Waals surface area contributed by atoms with Gasteiger partial charge in [-0.15, -0.1) is 10.2 Å². The lowest BCUT2D eigenvalue weighted by molar-refractivity contribution is -0.133. The number of thioether (sulfide) groups is 1. The first-order valence-corrected chi connectivity index (χ1v) is 6.14. The lowest BCUT2D eigenvalue weighted by Gasteiger charge is -2.04. The molecule has 0 aliphatic heterocycles. The molecule has 2 rings (SSSR count). The average Bonchev–Trinajstić information content (AvgIpc) is 2.66. The zero-order chi connectivity index (χ0) is 11.9. The molecular weight excluding hydrogens is 226 g/mol. The van der Waals surface area contributed by atoms with Crippen LogP contribution in [0.25, 0.3) is 0 Å². The molecule has 0 bridgehead atoms. The Morgan fingerprint density at radius 1 is 1.62 bits per heavy atom. The fourth-order valence-electron chi connectivity index (χ4n) is 1.79. The largest absolute Gasteiger partial charge is 0.481 e. The number of nitrogens with zero attached hydrogens (tertiary/aromatic N) is 3. The van der Waals surface area contributed by atoms with Gasteiger partial charge in [0.25, 0.3) is 0 Å². The smallest absolute Gasteiger partial charge is 0.313 e. The number of carbonyl (C=O) groups is 1. The van der Waals surface area contributed by atoms with Crippen LogP contribution in [0.2, 0.25) is 0 Å². The number of hydrogen-bond donors (Lipinski definition) is 1. The summed E-state index contributed by atoms with van der Waals surface area (Å²) in [6, 6.07) is 0. The van der Waals surface area contributed by atoms with E-state index in [1.54, 1.807) is 0 Å². The van der Waals surface area contributed by atoms with E-state index in [0.717, 1.165) is 12.2 Å². The van der Waals surface area contributed by atoms with Gasteiger partial charge >= 0.3 is 5.97 Å². The fourth-order valence-corrected chi connectivity index (χ4v) is 2.43. The van der Waals surface area contributed by atoms with Gasteiger partial charge in [-0.3, -0.25) is 4.79 Å². The molecular formula is C10H15N3O2S. The maximum atomic E-state index is 10.5. The zero-order valence-electron chi connectivity index (χ0n) is 9.60. The lowest BCUT2D eigenvalue weighted by Crippen LogP contribution is -2.03. The SMILES string of the molecule is Cn1c(SCC(=O)O)nnc1[C@@H]1CC1(C)C. The van der Waals surface area contributed by atoms with Gasteiger partial charge in [0, 0.05) is 13.0 Å². The number of rotatable bonds is 4. The molecule has 1 saturated carbocycles. The molecule has 5 nitrogen and oxygen atoms in total. The van der Waals surface area contributed by atoms with Crippen molar-refractivity contribution in [1.29, 1.82) is 0 Å². The summed E-state index contributed by atoms with van der Waals surface area (Å²) in [6.07, 6.45) is 1.13. The molecule has 1 atom stereocenters. The van der Waals surface area contributed by atoms with Crippen LogP contribution in [0, 0.1) is 5.41 Å². The Hall–Kier alpha value is -1.04. The van der Waals surface area contributed by atoms with E-state index in [9.17, 15) is 4.79 Å². The van der Waals surface area contributed by atoms with E-state index < -0.39 is 5.97 Å². The van der Waals surface area contributed by atoms with Crippen molar-refractivity contribution in [2.75, 3.05) is 5.75 Å². The van der Waals surface area contributed by atoms with Crippen molar-refractivity contribution >= 4 is 17.7 Å². The molecule has 0 amide bonds. The summed E-state index contributed by atoms with van der Waals surface area (Å²) >= 11 is 1.21. The van der Waals surface area contributed by atoms with Crippen LogP contribution in [0.15, 0.2) is 5.16 Å². The van der Waals surface area contributed by atoms with Crippen molar-refractivity contribution in [3.63, 3.8) is 0 Å². The molecule has 1 N–H and O–H groups in total. The van der Waals surface area contributed by atoms with Crippen LogP contribution in [-0.2, 0) is 11.8 Å². The van der Waals surface area contributed by atoms with Crippen molar-refractivity contribution in [3.05, 3.63) is 5.82 Å². The van der Waals surface area contributed by atoms with Gasteiger partial charge in [0.05, 0.1) is 5.75 Å². The van der Waals surface area contributed by atoms with Crippen LogP contribution in [0.1, 0.15) is 32.0 Å². The highest BCUT2D eigenvalue weighted by Crippen LogP contribution is 2.58. The van der Waals surface area contributed by atoms with Crippen LogP contribution < -0.4 is 0 Å². The molecule has 1 fully saturated rings. The number of carboxylic acid groups (broad SMARTS) is 1. The van der Waals surface area contributed by atoms with Gasteiger partial charge in [0.1, 0.15) is 5.82 Å². The molecule has 0 saturated heterocycles. The first-order valence-electron chi connectivity index (χ1n) is 5.15. The topological polar surface area (TPSA) is 68.0 Å². The molecule has 1 aliphatic carbocycles. The van der Waals surface area contributed by atoms with Crippen LogP contribution in [0.5, 0.6) is 0 Å². The van der Waals surface area contributed by atoms with E-state index in [1.165, 1.54) is 11.8 Å². The Morgan fingerprint density at radius 3 is 2.75 bits per heavy atom. The maximum absolute atomic E-state index is 10.5. The van der Waals surface area contributed by atoms with Gasteiger partial charge in [-0.05, 0) is 11.8 Å². The summed E-state index contributed by atoms with van der Waals surface area (Å²) in [4.78, 5) is 10.5. The molecule has 16 heavy (non-hydrogen) atoms. The zero-order valence-corrected chi connectivity index (χ0v) is 10.4. The maximum Gasteiger partial charge on any atom is 0.313 e. The summed E-state index contributed by atoms with van der Waals surface area (Å²) < 4.78 is 1.91. The minimum absolute atomic E-state index is 0.0278. The number of hydrogen-bond acceptors (Lipinski definition) is 4. The summed E-state index contributed by atoms with van der Waals surface area (Å²) in [7, 11) is 1.90. The second kappa shape index (κ2) is 3.76. The molecule has 0 spiro atoms. The second-order valence-corrected chi connectivity index (χ2v) is 5.77. The first kappa shape index (κ1) is 11.4. The van der Waals surface area contributed by atoms with Crippen molar-refractivity contribution in [1.82, 2.24) is 14.8 Å².